The van der Waals surface area contributed by atoms with Crippen LogP contribution in [0, 0.1) is 0 Å². The largest absolute Gasteiger partial charge is 0.497 e. The summed E-state index contributed by atoms with van der Waals surface area (Å²) in [6.07, 6.45) is 0.675. The van der Waals surface area contributed by atoms with Gasteiger partial charge in [0.2, 0.25) is 5.91 Å². The highest BCUT2D eigenvalue weighted by molar-refractivity contribution is 5.92. The number of aromatic nitrogens is 1. The van der Waals surface area contributed by atoms with Crippen molar-refractivity contribution in [2.75, 3.05) is 27.8 Å². The molecule has 0 unspecified atom stereocenters. The summed E-state index contributed by atoms with van der Waals surface area (Å²) in [6, 6.07) is 13.5. The summed E-state index contributed by atoms with van der Waals surface area (Å²) in [5.74, 6) is 0.0992. The number of nitrogens with one attached hydrogen (secondary N) is 1. The summed E-state index contributed by atoms with van der Waals surface area (Å²) in [7, 11) is 4.70. The average molecular weight is 396 g/mol. The van der Waals surface area contributed by atoms with Crippen molar-refractivity contribution in [2.45, 2.75) is 12.8 Å². The Morgan fingerprint density at radius 2 is 1.86 bits per heavy atom. The van der Waals surface area contributed by atoms with Crippen LogP contribution in [0.3, 0.4) is 0 Å². The summed E-state index contributed by atoms with van der Waals surface area (Å²) in [5, 5.41) is 9.92. The minimum Gasteiger partial charge on any atom is -0.497 e. The maximum Gasteiger partial charge on any atom is 0.323 e. The van der Waals surface area contributed by atoms with Gasteiger partial charge in [-0.2, -0.15) is 0 Å². The zero-order chi connectivity index (χ0) is 21.0. The van der Waals surface area contributed by atoms with Crippen LogP contribution in [-0.4, -0.2) is 54.7 Å². The Kier molecular flexibility index (Phi) is 6.07. The van der Waals surface area contributed by atoms with Crippen molar-refractivity contribution in [3.05, 3.63) is 48.0 Å². The molecule has 0 bridgehead atoms. The molecule has 2 N–H and O–H groups in total. The number of ether oxygens (including phenoxy) is 2. The summed E-state index contributed by atoms with van der Waals surface area (Å²) in [6.45, 7) is -0.314. The Balaban J connectivity index is 1.99. The molecular formula is C22H24N2O5. The molecule has 0 aliphatic heterocycles. The number of carbonyl (C=O) groups is 2. The highest BCUT2D eigenvalue weighted by Crippen LogP contribution is 2.38. The van der Waals surface area contributed by atoms with E-state index in [-0.39, 0.29) is 18.9 Å². The molecule has 0 spiro atoms. The van der Waals surface area contributed by atoms with Crippen LogP contribution in [0.2, 0.25) is 0 Å². The average Bonchev–Trinajstić information content (AvgIpc) is 3.09. The summed E-state index contributed by atoms with van der Waals surface area (Å²) < 4.78 is 10.8. The Hall–Kier alpha value is -3.48. The van der Waals surface area contributed by atoms with Crippen molar-refractivity contribution in [3.63, 3.8) is 0 Å². The van der Waals surface area contributed by atoms with Crippen molar-refractivity contribution in [2.24, 2.45) is 0 Å². The maximum atomic E-state index is 12.4. The smallest absolute Gasteiger partial charge is 0.323 e. The van der Waals surface area contributed by atoms with Gasteiger partial charge in [-0.25, -0.2) is 0 Å². The lowest BCUT2D eigenvalue weighted by Crippen LogP contribution is -2.32. The number of methoxy groups -OCH3 is 2. The molecule has 2 aromatic carbocycles. The number of benzene rings is 2. The second-order valence-corrected chi connectivity index (χ2v) is 6.73. The number of fused-ring (bicyclic) bond motifs is 1. The highest BCUT2D eigenvalue weighted by atomic mass is 16.5. The summed E-state index contributed by atoms with van der Waals surface area (Å²) >= 11 is 0. The van der Waals surface area contributed by atoms with Crippen molar-refractivity contribution >= 4 is 22.8 Å². The van der Waals surface area contributed by atoms with Gasteiger partial charge in [-0.15, -0.1) is 0 Å². The number of aryl methyl sites for hydroxylation is 1. The van der Waals surface area contributed by atoms with Crippen molar-refractivity contribution in [1.29, 1.82) is 0 Å². The molecule has 0 radical (unpaired) electrons. The van der Waals surface area contributed by atoms with Gasteiger partial charge in [0.05, 0.1) is 19.9 Å². The fourth-order valence-corrected chi connectivity index (χ4v) is 3.41. The van der Waals surface area contributed by atoms with Crippen LogP contribution >= 0.6 is 0 Å². The molecule has 1 amide bonds. The molecule has 3 aromatic rings. The third-order valence-corrected chi connectivity index (χ3v) is 4.88. The zero-order valence-corrected chi connectivity index (χ0v) is 16.7. The number of carboxylic acids is 1. The number of rotatable bonds is 8. The topological polar surface area (TPSA) is 91.9 Å². The molecule has 1 aromatic heterocycles. The Labute approximate surface area is 168 Å². The summed E-state index contributed by atoms with van der Waals surface area (Å²) in [4.78, 5) is 27.9. The van der Waals surface area contributed by atoms with Crippen LogP contribution < -0.4 is 9.47 Å². The minimum atomic E-state index is -1.03. The van der Waals surface area contributed by atoms with Gasteiger partial charge >= 0.3 is 5.97 Å². The van der Waals surface area contributed by atoms with E-state index in [1.54, 1.807) is 14.2 Å². The number of aliphatic carboxylic acids is 1. The van der Waals surface area contributed by atoms with E-state index in [1.807, 2.05) is 42.5 Å². The van der Waals surface area contributed by atoms with E-state index < -0.39 is 5.97 Å². The van der Waals surface area contributed by atoms with Gasteiger partial charge in [0, 0.05) is 36.0 Å². The first-order chi connectivity index (χ1) is 13.9. The van der Waals surface area contributed by atoms with E-state index in [1.165, 1.54) is 11.9 Å². The molecule has 1 heterocycles. The molecule has 3 rings (SSSR count). The van der Waals surface area contributed by atoms with Gasteiger partial charge in [0.15, 0.2) is 0 Å². The van der Waals surface area contributed by atoms with E-state index in [0.717, 1.165) is 27.7 Å². The summed E-state index contributed by atoms with van der Waals surface area (Å²) in [5.41, 5.74) is 3.69. The minimum absolute atomic E-state index is 0.205. The van der Waals surface area contributed by atoms with E-state index in [9.17, 15) is 9.59 Å². The predicted octanol–water partition coefficient (Wildman–Crippen LogP) is 3.33. The number of para-hydroxylation sites is 1. The van der Waals surface area contributed by atoms with E-state index in [0.29, 0.717) is 17.9 Å². The number of nitrogens with zero attached hydrogens (tertiary/aromatic N) is 1. The molecule has 0 aliphatic rings. The van der Waals surface area contributed by atoms with Crippen LogP contribution in [0.25, 0.3) is 22.2 Å². The quantitative estimate of drug-likeness (QED) is 0.609. The molecule has 0 atom stereocenters. The third-order valence-electron chi connectivity index (χ3n) is 4.88. The van der Waals surface area contributed by atoms with Gasteiger partial charge in [-0.1, -0.05) is 18.2 Å². The zero-order valence-electron chi connectivity index (χ0n) is 16.7. The highest BCUT2D eigenvalue weighted by Gasteiger charge is 2.19. The van der Waals surface area contributed by atoms with Gasteiger partial charge in [-0.05, 0) is 30.2 Å². The van der Waals surface area contributed by atoms with Crippen LogP contribution in [0.15, 0.2) is 42.5 Å². The second-order valence-electron chi connectivity index (χ2n) is 6.73. The fraction of sp³-hybridized carbons (Fsp3) is 0.273. The number of hydrogen-bond acceptors (Lipinski definition) is 4. The van der Waals surface area contributed by atoms with E-state index >= 15 is 0 Å². The molecule has 29 heavy (non-hydrogen) atoms. The van der Waals surface area contributed by atoms with Crippen LogP contribution in [0.5, 0.6) is 11.5 Å². The predicted molar refractivity (Wildman–Crippen MR) is 110 cm³/mol. The van der Waals surface area contributed by atoms with Crippen molar-refractivity contribution in [1.82, 2.24) is 9.88 Å². The molecule has 7 nitrogen and oxygen atoms in total. The standard InChI is InChI=1S/C22H24N2O5/c1-24(13-21(26)27)20(25)11-10-16-15-6-4-5-7-18(15)23-22(16)17-9-8-14(28-2)12-19(17)29-3/h4-9,12,23H,10-11,13H2,1-3H3,(H,26,27). The Morgan fingerprint density at radius 3 is 2.55 bits per heavy atom. The molecular weight excluding hydrogens is 372 g/mol. The number of amides is 1. The maximum absolute atomic E-state index is 12.4. The number of aromatic amines is 1. The number of likely N-dealkylation sites (N-methyl/N-ethyl adjacent to an activating group) is 1. The number of carboxylic acid groups (broad SMARTS) is 1. The molecule has 7 heteroatoms. The molecule has 152 valence electrons. The fourth-order valence-electron chi connectivity index (χ4n) is 3.41. The second kappa shape index (κ2) is 8.68. The lowest BCUT2D eigenvalue weighted by atomic mass is 10.00. The van der Waals surface area contributed by atoms with Gasteiger partial charge in [0.1, 0.15) is 18.0 Å². The number of hydrogen-bond donors (Lipinski definition) is 2. The molecule has 0 saturated heterocycles. The molecule has 0 aliphatic carbocycles. The van der Waals surface area contributed by atoms with Crippen molar-refractivity contribution < 1.29 is 24.2 Å². The Morgan fingerprint density at radius 1 is 1.10 bits per heavy atom. The van der Waals surface area contributed by atoms with Gasteiger partial charge in [0.25, 0.3) is 0 Å². The lowest BCUT2D eigenvalue weighted by molar-refractivity contribution is -0.143. The van der Waals surface area contributed by atoms with Crippen molar-refractivity contribution in [3.8, 4) is 22.8 Å². The molecule has 0 saturated carbocycles. The van der Waals surface area contributed by atoms with Gasteiger partial charge in [-0.3, -0.25) is 9.59 Å². The van der Waals surface area contributed by atoms with Crippen LogP contribution in [-0.2, 0) is 16.0 Å². The third kappa shape index (κ3) is 4.34. The van der Waals surface area contributed by atoms with Crippen LogP contribution in [0.4, 0.5) is 0 Å². The van der Waals surface area contributed by atoms with E-state index in [4.69, 9.17) is 14.6 Å². The van der Waals surface area contributed by atoms with Gasteiger partial charge < -0.3 is 24.5 Å². The lowest BCUT2D eigenvalue weighted by Gasteiger charge is -2.15. The Bertz CT molecular complexity index is 1040. The van der Waals surface area contributed by atoms with E-state index in [2.05, 4.69) is 4.98 Å². The first-order valence-corrected chi connectivity index (χ1v) is 9.22. The first-order valence-electron chi connectivity index (χ1n) is 9.22. The van der Waals surface area contributed by atoms with Crippen LogP contribution in [0.1, 0.15) is 12.0 Å². The number of H-pyrrole nitrogens is 1. The SMILES string of the molecule is COc1ccc(-c2[nH]c3ccccc3c2CCC(=O)N(C)CC(=O)O)c(OC)c1. The normalized spacial score (nSPS) is 10.7. The monoisotopic (exact) mass is 396 g/mol. The first kappa shape index (κ1) is 20.3. The molecule has 0 fully saturated rings. The number of carbonyl (C=O) groups excluding carboxylic acids is 1.